The molecular weight excluding hydrogens is 370 g/mol. The molecule has 0 N–H and O–H groups in total. The predicted octanol–water partition coefficient (Wildman–Crippen LogP) is 4.15. The third kappa shape index (κ3) is 4.80. The van der Waals surface area contributed by atoms with Gasteiger partial charge in [0, 0.05) is 42.5 Å². The number of ether oxygens (including phenoxy) is 1. The first kappa shape index (κ1) is 19.7. The molecule has 1 aromatic carbocycles. The molecule has 1 atom stereocenters. The summed E-state index contributed by atoms with van der Waals surface area (Å²) >= 11 is 1.73. The Labute approximate surface area is 162 Å². The van der Waals surface area contributed by atoms with E-state index in [1.807, 2.05) is 0 Å². The van der Waals surface area contributed by atoms with Crippen LogP contribution in [0.25, 0.3) is 0 Å². The fraction of sp³-hybridized carbons (Fsp3) is 0.474. The normalized spacial score (nSPS) is 17.7. The first-order valence-corrected chi connectivity index (χ1v) is 10.1. The molecule has 1 unspecified atom stereocenters. The lowest BCUT2D eigenvalue weighted by Crippen LogP contribution is -2.56. The Bertz CT molecular complexity index is 762. The molecule has 0 bridgehead atoms. The van der Waals surface area contributed by atoms with E-state index in [0.717, 1.165) is 13.1 Å². The van der Waals surface area contributed by atoms with Crippen molar-refractivity contribution < 1.29 is 13.5 Å². The van der Waals surface area contributed by atoms with Gasteiger partial charge in [-0.3, -0.25) is 0 Å². The lowest BCUT2D eigenvalue weighted by Gasteiger charge is -2.44. The average Bonchev–Trinajstić information content (AvgIpc) is 2.67. The lowest BCUT2D eigenvalue weighted by atomic mass is 9.99. The van der Waals surface area contributed by atoms with E-state index in [1.165, 1.54) is 22.8 Å². The number of anilines is 2. The third-order valence-electron chi connectivity index (χ3n) is 4.69. The maximum absolute atomic E-state index is 12.5. The van der Waals surface area contributed by atoms with Crippen molar-refractivity contribution in [3.8, 4) is 5.88 Å². The van der Waals surface area contributed by atoms with Crippen LogP contribution < -0.4 is 14.5 Å². The topological polar surface area (TPSA) is 41.5 Å². The van der Waals surface area contributed by atoms with E-state index in [4.69, 9.17) is 0 Å². The highest BCUT2D eigenvalue weighted by Gasteiger charge is 2.31. The standard InChI is InChI=1S/C19H24F2N4OS/c1-13(2)16-12-24(14-5-4-6-15(11-14)27-3)9-10-25(16)19-22-8-7-17(23-19)26-18(20)21/h4-8,11,13,16,18H,9-10,12H2,1-3H3. The summed E-state index contributed by atoms with van der Waals surface area (Å²) in [4.78, 5) is 14.2. The minimum absolute atomic E-state index is 0.104. The Kier molecular flexibility index (Phi) is 6.36. The van der Waals surface area contributed by atoms with E-state index >= 15 is 0 Å². The minimum atomic E-state index is -2.89. The molecular formula is C19H24F2N4OS. The molecule has 2 heterocycles. The SMILES string of the molecule is CSc1cccc(N2CCN(c3nccc(OC(F)F)n3)C(C(C)C)C2)c1. The van der Waals surface area contributed by atoms with Gasteiger partial charge in [0.25, 0.3) is 0 Å². The summed E-state index contributed by atoms with van der Waals surface area (Å²) in [6, 6.07) is 10.0. The van der Waals surface area contributed by atoms with Crippen LogP contribution in [0.15, 0.2) is 41.4 Å². The van der Waals surface area contributed by atoms with Crippen LogP contribution in [0.1, 0.15) is 13.8 Å². The number of piperazine rings is 1. The molecule has 0 aliphatic carbocycles. The van der Waals surface area contributed by atoms with Crippen molar-refractivity contribution in [1.82, 2.24) is 9.97 Å². The van der Waals surface area contributed by atoms with E-state index in [2.05, 4.69) is 68.9 Å². The zero-order valence-corrected chi connectivity index (χ0v) is 16.5. The Balaban J connectivity index is 1.80. The van der Waals surface area contributed by atoms with Gasteiger partial charge >= 0.3 is 6.61 Å². The van der Waals surface area contributed by atoms with Crippen LogP contribution in [0.2, 0.25) is 0 Å². The van der Waals surface area contributed by atoms with Crippen LogP contribution in [0, 0.1) is 5.92 Å². The van der Waals surface area contributed by atoms with Gasteiger partial charge in [-0.1, -0.05) is 19.9 Å². The van der Waals surface area contributed by atoms with Crippen LogP contribution in [-0.2, 0) is 0 Å². The largest absolute Gasteiger partial charge is 0.417 e. The van der Waals surface area contributed by atoms with Crippen LogP contribution >= 0.6 is 11.8 Å². The van der Waals surface area contributed by atoms with Gasteiger partial charge in [0.15, 0.2) is 0 Å². The van der Waals surface area contributed by atoms with Crippen LogP contribution in [0.3, 0.4) is 0 Å². The third-order valence-corrected chi connectivity index (χ3v) is 5.42. The summed E-state index contributed by atoms with van der Waals surface area (Å²) < 4.78 is 29.4. The maximum Gasteiger partial charge on any atom is 0.388 e. The van der Waals surface area contributed by atoms with Crippen molar-refractivity contribution in [3.05, 3.63) is 36.5 Å². The van der Waals surface area contributed by atoms with Crippen molar-refractivity contribution in [2.24, 2.45) is 5.92 Å². The molecule has 2 aromatic rings. The van der Waals surface area contributed by atoms with Crippen molar-refractivity contribution >= 4 is 23.4 Å². The number of alkyl halides is 2. The van der Waals surface area contributed by atoms with Gasteiger partial charge in [0.2, 0.25) is 11.8 Å². The van der Waals surface area contributed by atoms with Gasteiger partial charge < -0.3 is 14.5 Å². The number of aromatic nitrogens is 2. The molecule has 0 radical (unpaired) electrons. The maximum atomic E-state index is 12.5. The predicted molar refractivity (Wildman–Crippen MR) is 105 cm³/mol. The second-order valence-electron chi connectivity index (χ2n) is 6.73. The summed E-state index contributed by atoms with van der Waals surface area (Å²) in [5.74, 6) is 0.678. The highest BCUT2D eigenvalue weighted by molar-refractivity contribution is 7.98. The van der Waals surface area contributed by atoms with Crippen molar-refractivity contribution in [2.45, 2.75) is 31.4 Å². The number of rotatable bonds is 6. The minimum Gasteiger partial charge on any atom is -0.417 e. The Morgan fingerprint density at radius 2 is 2.04 bits per heavy atom. The number of nitrogens with zero attached hydrogens (tertiary/aromatic N) is 4. The highest BCUT2D eigenvalue weighted by atomic mass is 32.2. The molecule has 1 fully saturated rings. The Morgan fingerprint density at radius 1 is 1.22 bits per heavy atom. The van der Waals surface area contributed by atoms with Crippen LogP contribution in [0.4, 0.5) is 20.4 Å². The molecule has 1 aliphatic rings. The van der Waals surface area contributed by atoms with E-state index in [-0.39, 0.29) is 11.9 Å². The number of halogens is 2. The molecule has 0 saturated carbocycles. The molecule has 1 aliphatic heterocycles. The smallest absolute Gasteiger partial charge is 0.388 e. The summed E-state index contributed by atoms with van der Waals surface area (Å²) in [5.41, 5.74) is 1.20. The second kappa shape index (κ2) is 8.73. The number of hydrogen-bond donors (Lipinski definition) is 0. The summed E-state index contributed by atoms with van der Waals surface area (Å²) in [5, 5.41) is 0. The van der Waals surface area contributed by atoms with Crippen LogP contribution in [-0.4, -0.2) is 48.5 Å². The summed E-state index contributed by atoms with van der Waals surface area (Å²) in [6.07, 6.45) is 3.53. The summed E-state index contributed by atoms with van der Waals surface area (Å²) in [6.45, 7) is 3.75. The Morgan fingerprint density at radius 3 is 2.74 bits per heavy atom. The lowest BCUT2D eigenvalue weighted by molar-refractivity contribution is -0.0528. The fourth-order valence-corrected chi connectivity index (χ4v) is 3.75. The van der Waals surface area contributed by atoms with E-state index < -0.39 is 6.61 Å². The van der Waals surface area contributed by atoms with Gasteiger partial charge in [-0.25, -0.2) is 4.98 Å². The van der Waals surface area contributed by atoms with E-state index in [0.29, 0.717) is 18.4 Å². The van der Waals surface area contributed by atoms with Crippen LogP contribution in [0.5, 0.6) is 5.88 Å². The molecule has 0 amide bonds. The fourth-order valence-electron chi connectivity index (χ4n) is 3.30. The number of thioether (sulfide) groups is 1. The molecule has 146 valence electrons. The van der Waals surface area contributed by atoms with Crippen molar-refractivity contribution in [1.29, 1.82) is 0 Å². The molecule has 27 heavy (non-hydrogen) atoms. The zero-order valence-electron chi connectivity index (χ0n) is 15.7. The van der Waals surface area contributed by atoms with Gasteiger partial charge in [-0.05, 0) is 30.4 Å². The van der Waals surface area contributed by atoms with Gasteiger partial charge in [0.05, 0.1) is 6.04 Å². The quantitative estimate of drug-likeness (QED) is 0.686. The molecule has 0 spiro atoms. The van der Waals surface area contributed by atoms with Crippen molar-refractivity contribution in [2.75, 3.05) is 35.7 Å². The zero-order chi connectivity index (χ0) is 19.4. The van der Waals surface area contributed by atoms with Gasteiger partial charge in [0.1, 0.15) is 0 Å². The highest BCUT2D eigenvalue weighted by Crippen LogP contribution is 2.28. The summed E-state index contributed by atoms with van der Waals surface area (Å²) in [7, 11) is 0. The molecule has 1 aromatic heterocycles. The molecule has 1 saturated heterocycles. The monoisotopic (exact) mass is 394 g/mol. The van der Waals surface area contributed by atoms with E-state index in [9.17, 15) is 8.78 Å². The molecule has 5 nitrogen and oxygen atoms in total. The average molecular weight is 394 g/mol. The molecule has 8 heteroatoms. The first-order chi connectivity index (χ1) is 13.0. The molecule has 3 rings (SSSR count). The Hall–Kier alpha value is -2.09. The second-order valence-corrected chi connectivity index (χ2v) is 7.61. The van der Waals surface area contributed by atoms with E-state index in [1.54, 1.807) is 11.8 Å². The number of benzene rings is 1. The van der Waals surface area contributed by atoms with Gasteiger partial charge in [-0.15, -0.1) is 11.8 Å². The van der Waals surface area contributed by atoms with Crippen molar-refractivity contribution in [3.63, 3.8) is 0 Å². The number of hydrogen-bond acceptors (Lipinski definition) is 6. The first-order valence-electron chi connectivity index (χ1n) is 8.91. The van der Waals surface area contributed by atoms with Gasteiger partial charge in [-0.2, -0.15) is 13.8 Å².